The number of anilines is 1. The van der Waals surface area contributed by atoms with Crippen LogP contribution in [0, 0.1) is 5.82 Å². The van der Waals surface area contributed by atoms with Crippen LogP contribution in [-0.2, 0) is 17.6 Å². The van der Waals surface area contributed by atoms with Crippen LogP contribution in [0.25, 0.3) is 0 Å². The summed E-state index contributed by atoms with van der Waals surface area (Å²) in [7, 11) is 0. The zero-order valence-electron chi connectivity index (χ0n) is 15.9. The van der Waals surface area contributed by atoms with Crippen LogP contribution in [0.2, 0.25) is 0 Å². The normalized spacial score (nSPS) is 17.3. The van der Waals surface area contributed by atoms with Crippen molar-refractivity contribution in [2.45, 2.75) is 44.6 Å². The molecule has 0 spiro atoms. The van der Waals surface area contributed by atoms with Crippen LogP contribution in [0.3, 0.4) is 0 Å². The Bertz CT molecular complexity index is 823. The number of hydrogen-bond donors (Lipinski definition) is 1. The highest BCUT2D eigenvalue weighted by Crippen LogP contribution is 2.34. The Morgan fingerprint density at radius 2 is 1.93 bits per heavy atom. The van der Waals surface area contributed by atoms with E-state index in [9.17, 15) is 9.18 Å². The lowest BCUT2D eigenvalue weighted by Crippen LogP contribution is -2.39. The highest BCUT2D eigenvalue weighted by atomic mass is 19.1. The summed E-state index contributed by atoms with van der Waals surface area (Å²) in [5, 5.41) is 2.71. The Hall–Kier alpha value is -2.54. The number of nitrogens with zero attached hydrogens (tertiary/aromatic N) is 3. The van der Waals surface area contributed by atoms with Gasteiger partial charge in [0.1, 0.15) is 17.7 Å². The number of carbonyl (C=O) groups excluding carboxylic acids is 1. The minimum absolute atomic E-state index is 0.0774. The van der Waals surface area contributed by atoms with Gasteiger partial charge in [0.05, 0.1) is 0 Å². The summed E-state index contributed by atoms with van der Waals surface area (Å²) < 4.78 is 20.1. The van der Waals surface area contributed by atoms with Crippen LogP contribution in [0.15, 0.2) is 30.6 Å². The van der Waals surface area contributed by atoms with E-state index in [1.165, 1.54) is 6.07 Å². The van der Waals surface area contributed by atoms with Gasteiger partial charge in [-0.2, -0.15) is 0 Å². The highest BCUT2D eigenvalue weighted by molar-refractivity contribution is 5.88. The maximum Gasteiger partial charge on any atom is 0.229 e. The van der Waals surface area contributed by atoms with E-state index in [2.05, 4.69) is 20.2 Å². The molecule has 0 atom stereocenters. The highest BCUT2D eigenvalue weighted by Gasteiger charge is 2.24. The minimum atomic E-state index is -0.103. The monoisotopic (exact) mass is 384 g/mol. The molecular weight excluding hydrogens is 359 g/mol. The number of fused-ring (bicyclic) bond motifs is 1. The van der Waals surface area contributed by atoms with Gasteiger partial charge in [0.2, 0.25) is 11.9 Å². The fourth-order valence-corrected chi connectivity index (χ4v) is 3.98. The standard InChI is InChI=1S/C21H25FN4O2/c22-18-5-6-19(17-4-1-3-16(17)18)28-15-7-12-26(13-8-15)14-9-20(27)25-21-23-10-2-11-24-21/h2,5-6,10-11,15H,1,3-4,7-9,12-14H2,(H,23,24,25,27). The molecule has 1 aromatic carbocycles. The molecule has 2 aliphatic rings. The van der Waals surface area contributed by atoms with Crippen molar-refractivity contribution in [2.75, 3.05) is 25.0 Å². The van der Waals surface area contributed by atoms with Crippen LogP contribution in [-0.4, -0.2) is 46.5 Å². The van der Waals surface area contributed by atoms with Crippen LogP contribution in [0.1, 0.15) is 36.8 Å². The largest absolute Gasteiger partial charge is 0.490 e. The van der Waals surface area contributed by atoms with E-state index in [1.807, 2.05) is 0 Å². The topological polar surface area (TPSA) is 67.3 Å². The Labute approximate surface area is 164 Å². The third-order valence-electron chi connectivity index (χ3n) is 5.48. The van der Waals surface area contributed by atoms with E-state index in [4.69, 9.17) is 4.74 Å². The molecule has 1 N–H and O–H groups in total. The number of aromatic nitrogens is 2. The fraction of sp³-hybridized carbons (Fsp3) is 0.476. The van der Waals surface area contributed by atoms with Crippen LogP contribution in [0.4, 0.5) is 10.3 Å². The number of amides is 1. The zero-order valence-corrected chi connectivity index (χ0v) is 15.9. The van der Waals surface area contributed by atoms with Crippen molar-refractivity contribution < 1.29 is 13.9 Å². The average Bonchev–Trinajstić information content (AvgIpc) is 3.21. The Morgan fingerprint density at radius 1 is 1.18 bits per heavy atom. The van der Waals surface area contributed by atoms with Gasteiger partial charge >= 0.3 is 0 Å². The molecule has 0 radical (unpaired) electrons. The van der Waals surface area contributed by atoms with Gasteiger partial charge in [-0.05, 0) is 55.9 Å². The Balaban J connectivity index is 1.22. The van der Waals surface area contributed by atoms with Crippen molar-refractivity contribution in [3.05, 3.63) is 47.5 Å². The quantitative estimate of drug-likeness (QED) is 0.829. The molecule has 1 amide bonds. The smallest absolute Gasteiger partial charge is 0.229 e. The van der Waals surface area contributed by atoms with Crippen molar-refractivity contribution in [3.63, 3.8) is 0 Å². The predicted molar refractivity (Wildman–Crippen MR) is 104 cm³/mol. The minimum Gasteiger partial charge on any atom is -0.490 e. The second kappa shape index (κ2) is 8.65. The van der Waals surface area contributed by atoms with Crippen molar-refractivity contribution in [1.29, 1.82) is 0 Å². The predicted octanol–water partition coefficient (Wildman–Crippen LogP) is 2.98. The fourth-order valence-electron chi connectivity index (χ4n) is 3.98. The maximum atomic E-state index is 13.9. The second-order valence-corrected chi connectivity index (χ2v) is 7.39. The molecule has 6 nitrogen and oxygen atoms in total. The van der Waals surface area contributed by atoms with E-state index >= 15 is 0 Å². The number of hydrogen-bond acceptors (Lipinski definition) is 5. The number of likely N-dealkylation sites (tertiary alicyclic amines) is 1. The number of carbonyl (C=O) groups is 1. The summed E-state index contributed by atoms with van der Waals surface area (Å²) >= 11 is 0. The molecule has 4 rings (SSSR count). The van der Waals surface area contributed by atoms with Gasteiger partial charge in [-0.25, -0.2) is 14.4 Å². The third kappa shape index (κ3) is 4.47. The second-order valence-electron chi connectivity index (χ2n) is 7.39. The molecule has 1 aliphatic carbocycles. The molecule has 2 heterocycles. The van der Waals surface area contributed by atoms with E-state index in [0.717, 1.165) is 62.1 Å². The molecule has 1 saturated heterocycles. The van der Waals surface area contributed by atoms with Gasteiger partial charge in [-0.3, -0.25) is 10.1 Å². The van der Waals surface area contributed by atoms with Gasteiger partial charge in [0.15, 0.2) is 0 Å². The molecule has 0 saturated carbocycles. The number of ether oxygens (including phenoxy) is 1. The number of piperidine rings is 1. The molecule has 0 bridgehead atoms. The molecule has 7 heteroatoms. The number of rotatable bonds is 6. The number of benzene rings is 1. The van der Waals surface area contributed by atoms with Crippen molar-refractivity contribution in [2.24, 2.45) is 0 Å². The summed E-state index contributed by atoms with van der Waals surface area (Å²) in [4.78, 5) is 22.3. The van der Waals surface area contributed by atoms with E-state index in [-0.39, 0.29) is 17.8 Å². The molecule has 2 aromatic rings. The van der Waals surface area contributed by atoms with Crippen molar-refractivity contribution in [1.82, 2.24) is 14.9 Å². The summed E-state index contributed by atoms with van der Waals surface area (Å²) in [6.45, 7) is 2.49. The summed E-state index contributed by atoms with van der Waals surface area (Å²) in [5.41, 5.74) is 1.89. The third-order valence-corrected chi connectivity index (χ3v) is 5.48. The summed E-state index contributed by atoms with van der Waals surface area (Å²) in [6.07, 6.45) is 8.31. The van der Waals surface area contributed by atoms with Gasteiger partial charge < -0.3 is 9.64 Å². The molecular formula is C21H25FN4O2. The number of nitrogens with one attached hydrogen (secondary N) is 1. The molecule has 28 heavy (non-hydrogen) atoms. The van der Waals surface area contributed by atoms with Gasteiger partial charge in [-0.15, -0.1) is 0 Å². The van der Waals surface area contributed by atoms with Crippen molar-refractivity contribution in [3.8, 4) is 5.75 Å². The Morgan fingerprint density at radius 3 is 2.71 bits per heavy atom. The maximum absolute atomic E-state index is 13.9. The number of halogens is 1. The molecule has 0 unspecified atom stereocenters. The molecule has 148 valence electrons. The summed E-state index contributed by atoms with van der Waals surface area (Å²) in [6, 6.07) is 5.02. The van der Waals surface area contributed by atoms with Gasteiger partial charge in [0, 0.05) is 44.0 Å². The molecule has 1 aromatic heterocycles. The average molecular weight is 384 g/mol. The first-order valence-corrected chi connectivity index (χ1v) is 9.95. The van der Waals surface area contributed by atoms with Crippen LogP contribution >= 0.6 is 0 Å². The first-order valence-electron chi connectivity index (χ1n) is 9.95. The van der Waals surface area contributed by atoms with Crippen LogP contribution in [0.5, 0.6) is 5.75 Å². The zero-order chi connectivity index (χ0) is 19.3. The first kappa shape index (κ1) is 18.8. The van der Waals surface area contributed by atoms with Crippen molar-refractivity contribution >= 4 is 11.9 Å². The summed E-state index contributed by atoms with van der Waals surface area (Å²) in [5.74, 6) is 1.02. The lowest BCUT2D eigenvalue weighted by Gasteiger charge is -2.32. The van der Waals surface area contributed by atoms with E-state index in [0.29, 0.717) is 18.9 Å². The van der Waals surface area contributed by atoms with Crippen LogP contribution < -0.4 is 10.1 Å². The molecule has 1 fully saturated rings. The van der Waals surface area contributed by atoms with Gasteiger partial charge in [0.25, 0.3) is 0 Å². The van der Waals surface area contributed by atoms with E-state index in [1.54, 1.807) is 24.5 Å². The SMILES string of the molecule is O=C(CCN1CCC(Oc2ccc(F)c3c2CCC3)CC1)Nc1ncccn1. The van der Waals surface area contributed by atoms with Gasteiger partial charge in [-0.1, -0.05) is 0 Å². The lowest BCUT2D eigenvalue weighted by molar-refractivity contribution is -0.116. The van der Waals surface area contributed by atoms with E-state index < -0.39 is 0 Å². The first-order chi connectivity index (χ1) is 13.7. The Kier molecular flexibility index (Phi) is 5.81. The molecule has 1 aliphatic heterocycles. The lowest BCUT2D eigenvalue weighted by atomic mass is 10.1.